The van der Waals surface area contributed by atoms with Crippen LogP contribution in [0.15, 0.2) is 34.7 Å². The van der Waals surface area contributed by atoms with Crippen molar-refractivity contribution < 1.29 is 9.15 Å². The van der Waals surface area contributed by atoms with Crippen LogP contribution >= 0.6 is 0 Å². The Morgan fingerprint density at radius 3 is 2.76 bits per heavy atom. The van der Waals surface area contributed by atoms with Gasteiger partial charge in [-0.05, 0) is 18.6 Å². The van der Waals surface area contributed by atoms with Crippen molar-refractivity contribution in [2.24, 2.45) is 0 Å². The molecule has 1 aromatic carbocycles. The summed E-state index contributed by atoms with van der Waals surface area (Å²) in [6.45, 7) is 6.10. The maximum absolute atomic E-state index is 5.60. The molecule has 2 N–H and O–H groups in total. The van der Waals surface area contributed by atoms with Crippen LogP contribution in [-0.4, -0.2) is 29.4 Å². The first-order valence-electron chi connectivity index (χ1n) is 7.21. The van der Waals surface area contributed by atoms with Gasteiger partial charge in [-0.25, -0.2) is 0 Å². The Morgan fingerprint density at radius 1 is 1.19 bits per heavy atom. The molecule has 6 heteroatoms. The molecule has 0 spiro atoms. The largest absolute Gasteiger partial charge is 0.494 e. The lowest BCUT2D eigenvalue weighted by Crippen LogP contribution is -2.21. The normalized spacial score (nSPS) is 10.8. The van der Waals surface area contributed by atoms with E-state index in [2.05, 4.69) is 34.7 Å². The molecule has 6 nitrogen and oxygen atoms in total. The Morgan fingerprint density at radius 2 is 2.00 bits per heavy atom. The van der Waals surface area contributed by atoms with Gasteiger partial charge in [-0.2, -0.15) is 0 Å². The number of hydrogen-bond acceptors (Lipinski definition) is 6. The second kappa shape index (κ2) is 8.26. The van der Waals surface area contributed by atoms with Crippen molar-refractivity contribution in [2.75, 3.05) is 18.5 Å². The minimum atomic E-state index is 0.392. The summed E-state index contributed by atoms with van der Waals surface area (Å²) in [4.78, 5) is 0. The van der Waals surface area contributed by atoms with Gasteiger partial charge < -0.3 is 19.8 Å². The Kier molecular flexibility index (Phi) is 6.02. The number of nitrogens with one attached hydrogen (secondary N) is 2. The van der Waals surface area contributed by atoms with Gasteiger partial charge in [0.05, 0.1) is 13.2 Å². The molecule has 1 aromatic heterocycles. The van der Waals surface area contributed by atoms with Crippen LogP contribution in [0.1, 0.15) is 26.2 Å². The van der Waals surface area contributed by atoms with E-state index < -0.39 is 0 Å². The lowest BCUT2D eigenvalue weighted by molar-refractivity contribution is 0.314. The number of hydrogen-bond donors (Lipinski definition) is 2. The predicted molar refractivity (Wildman–Crippen MR) is 81.3 cm³/mol. The molecule has 0 unspecified atom stereocenters. The number of aromatic nitrogens is 2. The number of nitrogens with zero attached hydrogens (tertiary/aromatic N) is 2. The summed E-state index contributed by atoms with van der Waals surface area (Å²) in [6.07, 6.45) is 0.858. The molecule has 0 bridgehead atoms. The van der Waals surface area contributed by atoms with Gasteiger partial charge in [-0.15, -0.1) is 5.10 Å². The first-order chi connectivity index (χ1) is 10.2. The number of rotatable bonds is 9. The third-order valence-corrected chi connectivity index (χ3v) is 2.74. The fraction of sp³-hybridized carbons (Fsp3) is 0.467. The molecular weight excluding hydrogens is 268 g/mol. The van der Waals surface area contributed by atoms with E-state index in [0.29, 0.717) is 31.1 Å². The maximum Gasteiger partial charge on any atom is 0.315 e. The average Bonchev–Trinajstić information content (AvgIpc) is 2.94. The van der Waals surface area contributed by atoms with E-state index in [1.807, 2.05) is 30.3 Å². The molecular formula is C15H22N4O2. The van der Waals surface area contributed by atoms with Crippen LogP contribution in [0.4, 0.5) is 6.01 Å². The van der Waals surface area contributed by atoms with Crippen molar-refractivity contribution in [3.63, 3.8) is 0 Å². The average molecular weight is 290 g/mol. The molecule has 2 rings (SSSR count). The third kappa shape index (κ3) is 5.83. The highest BCUT2D eigenvalue weighted by Gasteiger charge is 2.05. The summed E-state index contributed by atoms with van der Waals surface area (Å²) in [7, 11) is 0. The Hall–Kier alpha value is -2.08. The van der Waals surface area contributed by atoms with E-state index in [1.54, 1.807) is 0 Å². The summed E-state index contributed by atoms with van der Waals surface area (Å²) in [6, 6.07) is 10.6. The van der Waals surface area contributed by atoms with Crippen molar-refractivity contribution in [2.45, 2.75) is 32.9 Å². The first kappa shape index (κ1) is 15.3. The quantitative estimate of drug-likeness (QED) is 0.691. The number of ether oxygens (including phenoxy) is 1. The van der Waals surface area contributed by atoms with Crippen molar-refractivity contribution >= 4 is 6.01 Å². The monoisotopic (exact) mass is 290 g/mol. The van der Waals surface area contributed by atoms with Gasteiger partial charge in [0.1, 0.15) is 5.75 Å². The number of benzene rings is 1. The van der Waals surface area contributed by atoms with E-state index in [0.717, 1.165) is 18.7 Å². The molecule has 0 radical (unpaired) electrons. The highest BCUT2D eigenvalue weighted by molar-refractivity contribution is 5.21. The SMILES string of the molecule is CC(C)NCc1nnc(NCCCOc2ccccc2)o1. The molecule has 0 saturated heterocycles. The van der Waals surface area contributed by atoms with Gasteiger partial charge in [-0.1, -0.05) is 37.1 Å². The van der Waals surface area contributed by atoms with Crippen LogP contribution < -0.4 is 15.4 Å². The summed E-state index contributed by atoms with van der Waals surface area (Å²) in [5, 5.41) is 14.2. The second-order valence-corrected chi connectivity index (χ2v) is 4.98. The Bertz CT molecular complexity index is 513. The van der Waals surface area contributed by atoms with E-state index in [9.17, 15) is 0 Å². The third-order valence-electron chi connectivity index (χ3n) is 2.74. The van der Waals surface area contributed by atoms with Crippen LogP contribution in [0.25, 0.3) is 0 Å². The van der Waals surface area contributed by atoms with Gasteiger partial charge in [0.25, 0.3) is 0 Å². The lowest BCUT2D eigenvalue weighted by atomic mass is 10.3. The van der Waals surface area contributed by atoms with Crippen molar-refractivity contribution in [3.05, 3.63) is 36.2 Å². The molecule has 0 amide bonds. The van der Waals surface area contributed by atoms with Gasteiger partial charge in [0.15, 0.2) is 0 Å². The fourth-order valence-electron chi connectivity index (χ4n) is 1.66. The molecule has 0 aliphatic heterocycles. The van der Waals surface area contributed by atoms with Crippen LogP contribution in [-0.2, 0) is 6.54 Å². The van der Waals surface area contributed by atoms with E-state index in [4.69, 9.17) is 9.15 Å². The zero-order valence-electron chi connectivity index (χ0n) is 12.5. The molecule has 0 aliphatic rings. The van der Waals surface area contributed by atoms with Crippen molar-refractivity contribution in [3.8, 4) is 5.75 Å². The summed E-state index contributed by atoms with van der Waals surface area (Å²) >= 11 is 0. The molecule has 0 aliphatic carbocycles. The molecule has 2 aromatic rings. The smallest absolute Gasteiger partial charge is 0.315 e. The summed E-state index contributed by atoms with van der Waals surface area (Å²) in [5.74, 6) is 1.48. The van der Waals surface area contributed by atoms with Crippen molar-refractivity contribution in [1.29, 1.82) is 0 Å². The zero-order chi connectivity index (χ0) is 14.9. The fourth-order valence-corrected chi connectivity index (χ4v) is 1.66. The molecule has 0 atom stereocenters. The topological polar surface area (TPSA) is 72.2 Å². The van der Waals surface area contributed by atoms with Crippen LogP contribution in [0.5, 0.6) is 5.75 Å². The highest BCUT2D eigenvalue weighted by Crippen LogP contribution is 2.09. The number of para-hydroxylation sites is 1. The van der Waals surface area contributed by atoms with Crippen LogP contribution in [0.3, 0.4) is 0 Å². The van der Waals surface area contributed by atoms with Crippen LogP contribution in [0.2, 0.25) is 0 Å². The molecule has 0 fully saturated rings. The predicted octanol–water partition coefficient (Wildman–Crippen LogP) is 2.45. The molecule has 0 saturated carbocycles. The van der Waals surface area contributed by atoms with Gasteiger partial charge >= 0.3 is 6.01 Å². The molecule has 1 heterocycles. The Labute approximate surface area is 124 Å². The number of anilines is 1. The standard InChI is InChI=1S/C15H22N4O2/c1-12(2)17-11-14-18-19-15(21-14)16-9-6-10-20-13-7-4-3-5-8-13/h3-5,7-8,12,17H,6,9-11H2,1-2H3,(H,16,19). The highest BCUT2D eigenvalue weighted by atomic mass is 16.5. The lowest BCUT2D eigenvalue weighted by Gasteiger charge is -2.05. The van der Waals surface area contributed by atoms with E-state index >= 15 is 0 Å². The van der Waals surface area contributed by atoms with E-state index in [1.165, 1.54) is 0 Å². The second-order valence-electron chi connectivity index (χ2n) is 4.98. The first-order valence-corrected chi connectivity index (χ1v) is 7.21. The van der Waals surface area contributed by atoms with Crippen LogP contribution in [0, 0.1) is 0 Å². The zero-order valence-corrected chi connectivity index (χ0v) is 12.5. The van der Waals surface area contributed by atoms with Gasteiger partial charge in [0.2, 0.25) is 5.89 Å². The summed E-state index contributed by atoms with van der Waals surface area (Å²) < 4.78 is 11.1. The van der Waals surface area contributed by atoms with Gasteiger partial charge in [0, 0.05) is 12.6 Å². The Balaban J connectivity index is 1.60. The van der Waals surface area contributed by atoms with Crippen molar-refractivity contribution in [1.82, 2.24) is 15.5 Å². The summed E-state index contributed by atoms with van der Waals surface area (Å²) in [5.41, 5.74) is 0. The van der Waals surface area contributed by atoms with Gasteiger partial charge in [-0.3, -0.25) is 0 Å². The maximum atomic E-state index is 5.60. The minimum Gasteiger partial charge on any atom is -0.494 e. The van der Waals surface area contributed by atoms with E-state index in [-0.39, 0.29) is 0 Å². The molecule has 21 heavy (non-hydrogen) atoms. The molecule has 114 valence electrons. The minimum absolute atomic E-state index is 0.392.